The van der Waals surface area contributed by atoms with E-state index in [0.29, 0.717) is 12.4 Å². The Hall–Kier alpha value is -2.42. The summed E-state index contributed by atoms with van der Waals surface area (Å²) in [5.41, 5.74) is 3.49. The summed E-state index contributed by atoms with van der Waals surface area (Å²) >= 11 is 0. The number of ether oxygens (including phenoxy) is 1. The van der Waals surface area contributed by atoms with Gasteiger partial charge in [-0.05, 0) is 24.6 Å². The van der Waals surface area contributed by atoms with Crippen LogP contribution in [-0.4, -0.2) is 10.1 Å². The third kappa shape index (κ3) is 2.27. The smallest absolute Gasteiger partial charge is 0.123 e. The number of phenolic OH excluding ortho intramolecular Hbond substituents is 1. The lowest BCUT2D eigenvalue weighted by atomic mass is 10.1. The van der Waals surface area contributed by atoms with Gasteiger partial charge in [0.05, 0.1) is 0 Å². The Bertz CT molecular complexity index is 716. The van der Waals surface area contributed by atoms with Crippen molar-refractivity contribution in [3.05, 3.63) is 59.8 Å². The van der Waals surface area contributed by atoms with E-state index in [2.05, 4.69) is 24.0 Å². The van der Waals surface area contributed by atoms with Crippen molar-refractivity contribution in [2.24, 2.45) is 0 Å². The molecule has 0 unspecified atom stereocenters. The van der Waals surface area contributed by atoms with Crippen molar-refractivity contribution in [1.82, 2.24) is 4.98 Å². The molecule has 0 bridgehead atoms. The van der Waals surface area contributed by atoms with Gasteiger partial charge in [0.25, 0.3) is 0 Å². The molecule has 0 amide bonds. The van der Waals surface area contributed by atoms with E-state index in [9.17, 15) is 5.11 Å². The second-order valence-corrected chi connectivity index (χ2v) is 4.60. The lowest BCUT2D eigenvalue weighted by Gasteiger charge is -2.05. The minimum atomic E-state index is 0.215. The maximum absolute atomic E-state index is 9.39. The number of aromatic hydroxyl groups is 1. The fourth-order valence-corrected chi connectivity index (χ4v) is 2.22. The highest BCUT2D eigenvalue weighted by Gasteiger charge is 2.06. The van der Waals surface area contributed by atoms with E-state index in [1.54, 1.807) is 18.2 Å². The highest BCUT2D eigenvalue weighted by Crippen LogP contribution is 2.24. The Labute approximate surface area is 111 Å². The van der Waals surface area contributed by atoms with Crippen LogP contribution in [0.2, 0.25) is 0 Å². The van der Waals surface area contributed by atoms with Gasteiger partial charge in [-0.1, -0.05) is 24.3 Å². The Morgan fingerprint density at radius 3 is 2.84 bits per heavy atom. The van der Waals surface area contributed by atoms with Crippen molar-refractivity contribution in [1.29, 1.82) is 0 Å². The zero-order valence-electron chi connectivity index (χ0n) is 10.7. The maximum atomic E-state index is 9.39. The molecule has 3 nitrogen and oxygen atoms in total. The summed E-state index contributed by atoms with van der Waals surface area (Å²) in [7, 11) is 0. The largest absolute Gasteiger partial charge is 0.508 e. The molecular weight excluding hydrogens is 238 g/mol. The highest BCUT2D eigenvalue weighted by atomic mass is 16.5. The molecule has 0 aliphatic heterocycles. The lowest BCUT2D eigenvalue weighted by Crippen LogP contribution is -1.94. The summed E-state index contributed by atoms with van der Waals surface area (Å²) in [4.78, 5) is 3.27. The van der Waals surface area contributed by atoms with Gasteiger partial charge in [-0.2, -0.15) is 0 Å². The number of aromatic nitrogens is 1. The molecule has 0 radical (unpaired) electrons. The first-order valence-corrected chi connectivity index (χ1v) is 6.21. The summed E-state index contributed by atoms with van der Waals surface area (Å²) in [6.45, 7) is 2.56. The molecule has 3 heteroatoms. The zero-order valence-corrected chi connectivity index (χ0v) is 10.7. The van der Waals surface area contributed by atoms with Crippen molar-refractivity contribution in [2.45, 2.75) is 13.5 Å². The van der Waals surface area contributed by atoms with Crippen LogP contribution < -0.4 is 4.74 Å². The molecule has 19 heavy (non-hydrogen) atoms. The highest BCUT2D eigenvalue weighted by molar-refractivity contribution is 5.85. The molecule has 2 aromatic carbocycles. The Balaban J connectivity index is 1.84. The van der Waals surface area contributed by atoms with E-state index in [0.717, 1.165) is 11.1 Å². The lowest BCUT2D eigenvalue weighted by molar-refractivity contribution is 0.306. The van der Waals surface area contributed by atoms with E-state index >= 15 is 0 Å². The van der Waals surface area contributed by atoms with Crippen LogP contribution >= 0.6 is 0 Å². The molecule has 1 aromatic heterocycles. The number of rotatable bonds is 3. The van der Waals surface area contributed by atoms with Crippen molar-refractivity contribution in [3.8, 4) is 11.5 Å². The van der Waals surface area contributed by atoms with Gasteiger partial charge >= 0.3 is 0 Å². The van der Waals surface area contributed by atoms with Crippen molar-refractivity contribution < 1.29 is 9.84 Å². The normalized spacial score (nSPS) is 10.8. The second kappa shape index (κ2) is 4.69. The topological polar surface area (TPSA) is 45.2 Å². The van der Waals surface area contributed by atoms with E-state index in [1.165, 1.54) is 10.9 Å². The third-order valence-corrected chi connectivity index (χ3v) is 3.22. The Morgan fingerprint density at radius 2 is 2.00 bits per heavy atom. The number of para-hydroxylation sites is 1. The van der Waals surface area contributed by atoms with Crippen molar-refractivity contribution in [3.63, 3.8) is 0 Å². The van der Waals surface area contributed by atoms with Crippen LogP contribution in [0.3, 0.4) is 0 Å². The first-order valence-electron chi connectivity index (χ1n) is 6.21. The molecule has 0 fully saturated rings. The van der Waals surface area contributed by atoms with Gasteiger partial charge in [0.1, 0.15) is 18.1 Å². The summed E-state index contributed by atoms with van der Waals surface area (Å²) in [6.07, 6.45) is 1.97. The average molecular weight is 253 g/mol. The number of H-pyrrole nitrogens is 1. The molecule has 0 saturated carbocycles. The third-order valence-electron chi connectivity index (χ3n) is 3.22. The van der Waals surface area contributed by atoms with Gasteiger partial charge in [-0.15, -0.1) is 0 Å². The van der Waals surface area contributed by atoms with Gasteiger partial charge < -0.3 is 14.8 Å². The van der Waals surface area contributed by atoms with Crippen LogP contribution in [-0.2, 0) is 6.61 Å². The first kappa shape index (κ1) is 11.7. The molecule has 3 rings (SSSR count). The molecular formula is C16H15NO2. The number of hydrogen-bond donors (Lipinski definition) is 2. The van der Waals surface area contributed by atoms with Gasteiger partial charge in [-0.3, -0.25) is 0 Å². The summed E-state index contributed by atoms with van der Waals surface area (Å²) in [6, 6.07) is 13.0. The fourth-order valence-electron chi connectivity index (χ4n) is 2.22. The number of hydrogen-bond acceptors (Lipinski definition) is 2. The predicted molar refractivity (Wildman–Crippen MR) is 75.5 cm³/mol. The van der Waals surface area contributed by atoms with E-state index in [1.807, 2.05) is 18.3 Å². The van der Waals surface area contributed by atoms with Crippen LogP contribution in [0.25, 0.3) is 10.9 Å². The molecule has 1 heterocycles. The van der Waals surface area contributed by atoms with Crippen LogP contribution in [0.1, 0.15) is 11.1 Å². The maximum Gasteiger partial charge on any atom is 0.123 e. The number of aromatic amines is 1. The van der Waals surface area contributed by atoms with Crippen molar-refractivity contribution in [2.75, 3.05) is 0 Å². The number of nitrogens with one attached hydrogen (secondary N) is 1. The molecule has 96 valence electrons. The molecule has 0 aliphatic rings. The van der Waals surface area contributed by atoms with Gasteiger partial charge in [0.2, 0.25) is 0 Å². The van der Waals surface area contributed by atoms with Gasteiger partial charge in [0, 0.05) is 28.7 Å². The zero-order chi connectivity index (χ0) is 13.2. The molecule has 0 saturated heterocycles. The number of benzene rings is 2. The second-order valence-electron chi connectivity index (χ2n) is 4.60. The first-order chi connectivity index (χ1) is 9.24. The summed E-state index contributed by atoms with van der Waals surface area (Å²) in [5.74, 6) is 0.884. The SMILES string of the molecule is Cc1cccc2c(COc3cccc(O)c3)c[nH]c12. The van der Waals surface area contributed by atoms with Gasteiger partial charge in [0.15, 0.2) is 0 Å². The van der Waals surface area contributed by atoms with Crippen LogP contribution in [0.4, 0.5) is 0 Å². The summed E-state index contributed by atoms with van der Waals surface area (Å²) in [5, 5.41) is 10.6. The number of aryl methyl sites for hydroxylation is 1. The number of phenols is 1. The number of fused-ring (bicyclic) bond motifs is 1. The van der Waals surface area contributed by atoms with E-state index < -0.39 is 0 Å². The molecule has 0 spiro atoms. The van der Waals surface area contributed by atoms with Crippen LogP contribution in [0.15, 0.2) is 48.7 Å². The Kier molecular flexibility index (Phi) is 2.88. The van der Waals surface area contributed by atoms with Gasteiger partial charge in [-0.25, -0.2) is 0 Å². The fraction of sp³-hybridized carbons (Fsp3) is 0.125. The summed E-state index contributed by atoms with van der Waals surface area (Å²) < 4.78 is 5.70. The molecule has 2 N–H and O–H groups in total. The quantitative estimate of drug-likeness (QED) is 0.746. The monoisotopic (exact) mass is 253 g/mol. The molecule has 0 aliphatic carbocycles. The van der Waals surface area contributed by atoms with E-state index in [4.69, 9.17) is 4.74 Å². The minimum Gasteiger partial charge on any atom is -0.508 e. The molecule has 3 aromatic rings. The predicted octanol–water partition coefficient (Wildman–Crippen LogP) is 3.76. The van der Waals surface area contributed by atoms with Crippen LogP contribution in [0.5, 0.6) is 11.5 Å². The van der Waals surface area contributed by atoms with E-state index in [-0.39, 0.29) is 5.75 Å². The van der Waals surface area contributed by atoms with Crippen molar-refractivity contribution >= 4 is 10.9 Å². The Morgan fingerprint density at radius 1 is 1.16 bits per heavy atom. The average Bonchev–Trinajstić information content (AvgIpc) is 2.81. The molecule has 0 atom stereocenters. The standard InChI is InChI=1S/C16H15NO2/c1-11-4-2-7-15-12(9-17-16(11)15)10-19-14-6-3-5-13(18)8-14/h2-9,17-18H,10H2,1H3. The minimum absolute atomic E-state index is 0.215. The van der Waals surface area contributed by atoms with Crippen LogP contribution in [0, 0.1) is 6.92 Å².